The van der Waals surface area contributed by atoms with E-state index in [1.165, 1.54) is 6.07 Å². The molecule has 4 heteroatoms. The van der Waals surface area contributed by atoms with Gasteiger partial charge in [-0.1, -0.05) is 6.92 Å². The second-order valence-corrected chi connectivity index (χ2v) is 6.59. The van der Waals surface area contributed by atoms with Gasteiger partial charge < -0.3 is 10.0 Å². The molecule has 0 aromatic heterocycles. The van der Waals surface area contributed by atoms with Crippen LogP contribution in [0.4, 0.5) is 10.1 Å². The SMILES string of the molecule is CCC1CN(c2cc(C)c(F)cc2[C@H](C)O)CCS1. The molecule has 2 atom stereocenters. The summed E-state index contributed by atoms with van der Waals surface area (Å²) in [5.74, 6) is 0.854. The van der Waals surface area contributed by atoms with Crippen LogP contribution >= 0.6 is 11.8 Å². The van der Waals surface area contributed by atoms with E-state index in [-0.39, 0.29) is 5.82 Å². The van der Waals surface area contributed by atoms with Crippen LogP contribution < -0.4 is 4.90 Å². The van der Waals surface area contributed by atoms with E-state index in [9.17, 15) is 9.50 Å². The van der Waals surface area contributed by atoms with Crippen molar-refractivity contribution in [2.75, 3.05) is 23.7 Å². The average Bonchev–Trinajstić information content (AvgIpc) is 2.41. The molecule has 1 aliphatic rings. The summed E-state index contributed by atoms with van der Waals surface area (Å²) < 4.78 is 13.7. The van der Waals surface area contributed by atoms with Crippen molar-refractivity contribution in [1.29, 1.82) is 0 Å². The number of nitrogens with zero attached hydrogens (tertiary/aromatic N) is 1. The number of aliphatic hydroxyl groups excluding tert-OH is 1. The number of hydrogen-bond acceptors (Lipinski definition) is 3. The molecular weight excluding hydrogens is 261 g/mol. The zero-order valence-corrected chi connectivity index (χ0v) is 12.6. The normalized spacial score (nSPS) is 21.5. The predicted octanol–water partition coefficient (Wildman–Crippen LogP) is 3.52. The predicted molar refractivity (Wildman–Crippen MR) is 80.5 cm³/mol. The smallest absolute Gasteiger partial charge is 0.126 e. The fraction of sp³-hybridized carbons (Fsp3) is 0.600. The first-order valence-corrected chi connectivity index (χ1v) is 7.92. The van der Waals surface area contributed by atoms with Crippen molar-refractivity contribution in [3.63, 3.8) is 0 Å². The van der Waals surface area contributed by atoms with Crippen LogP contribution in [0.3, 0.4) is 0 Å². The Hall–Kier alpha value is -0.740. The van der Waals surface area contributed by atoms with E-state index in [0.717, 1.165) is 31.0 Å². The Morgan fingerprint density at radius 1 is 1.53 bits per heavy atom. The third-order valence-electron chi connectivity index (χ3n) is 3.69. The number of halogens is 1. The molecule has 2 nitrogen and oxygen atoms in total. The van der Waals surface area contributed by atoms with Gasteiger partial charge >= 0.3 is 0 Å². The first-order valence-electron chi connectivity index (χ1n) is 6.87. The Morgan fingerprint density at radius 2 is 2.26 bits per heavy atom. The molecule has 0 bridgehead atoms. The molecule has 1 saturated heterocycles. The van der Waals surface area contributed by atoms with Gasteiger partial charge in [-0.05, 0) is 38.0 Å². The molecule has 1 unspecified atom stereocenters. The van der Waals surface area contributed by atoms with Gasteiger partial charge in [0.05, 0.1) is 6.10 Å². The van der Waals surface area contributed by atoms with E-state index < -0.39 is 6.10 Å². The van der Waals surface area contributed by atoms with E-state index in [2.05, 4.69) is 11.8 Å². The van der Waals surface area contributed by atoms with Gasteiger partial charge in [-0.3, -0.25) is 0 Å². The number of anilines is 1. The molecule has 19 heavy (non-hydrogen) atoms. The Morgan fingerprint density at radius 3 is 2.89 bits per heavy atom. The second-order valence-electron chi connectivity index (χ2n) is 5.18. The minimum absolute atomic E-state index is 0.238. The van der Waals surface area contributed by atoms with Crippen LogP contribution in [-0.4, -0.2) is 29.2 Å². The number of rotatable bonds is 3. The minimum atomic E-state index is -0.639. The van der Waals surface area contributed by atoms with E-state index in [0.29, 0.717) is 16.4 Å². The maximum absolute atomic E-state index is 13.7. The van der Waals surface area contributed by atoms with Crippen molar-refractivity contribution >= 4 is 17.4 Å². The van der Waals surface area contributed by atoms with Gasteiger partial charge in [-0.25, -0.2) is 4.39 Å². The molecule has 1 aliphatic heterocycles. The second kappa shape index (κ2) is 6.14. The molecule has 1 aromatic carbocycles. The number of hydrogen-bond donors (Lipinski definition) is 1. The first-order chi connectivity index (χ1) is 9.02. The highest BCUT2D eigenvalue weighted by molar-refractivity contribution is 8.00. The summed E-state index contributed by atoms with van der Waals surface area (Å²) in [6.45, 7) is 7.62. The zero-order chi connectivity index (χ0) is 14.0. The van der Waals surface area contributed by atoms with Crippen LogP contribution in [0, 0.1) is 12.7 Å². The van der Waals surface area contributed by atoms with Gasteiger partial charge in [0, 0.05) is 35.3 Å². The highest BCUT2D eigenvalue weighted by atomic mass is 32.2. The van der Waals surface area contributed by atoms with Gasteiger partial charge in [0.15, 0.2) is 0 Å². The van der Waals surface area contributed by atoms with Crippen molar-refractivity contribution in [1.82, 2.24) is 0 Å². The van der Waals surface area contributed by atoms with Crippen LogP contribution in [0.2, 0.25) is 0 Å². The fourth-order valence-electron chi connectivity index (χ4n) is 2.48. The Bertz CT molecular complexity index is 450. The Labute approximate surface area is 119 Å². The summed E-state index contributed by atoms with van der Waals surface area (Å²) in [4.78, 5) is 2.29. The van der Waals surface area contributed by atoms with Gasteiger partial charge in [0.25, 0.3) is 0 Å². The third kappa shape index (κ3) is 3.23. The maximum atomic E-state index is 13.7. The maximum Gasteiger partial charge on any atom is 0.126 e. The van der Waals surface area contributed by atoms with E-state index in [1.54, 1.807) is 13.8 Å². The summed E-state index contributed by atoms with van der Waals surface area (Å²) >= 11 is 2.00. The summed E-state index contributed by atoms with van der Waals surface area (Å²) in [5, 5.41) is 10.5. The molecule has 0 radical (unpaired) electrons. The Kier molecular flexibility index (Phi) is 4.74. The van der Waals surface area contributed by atoms with Crippen molar-refractivity contribution in [2.24, 2.45) is 0 Å². The van der Waals surface area contributed by atoms with Crippen LogP contribution in [0.1, 0.15) is 37.5 Å². The summed E-state index contributed by atoms with van der Waals surface area (Å²) in [7, 11) is 0. The Balaban J connectivity index is 2.34. The van der Waals surface area contributed by atoms with E-state index >= 15 is 0 Å². The molecule has 1 aromatic rings. The average molecular weight is 283 g/mol. The van der Waals surface area contributed by atoms with E-state index in [1.807, 2.05) is 17.8 Å². The lowest BCUT2D eigenvalue weighted by Crippen LogP contribution is -2.38. The number of aryl methyl sites for hydroxylation is 1. The lowest BCUT2D eigenvalue weighted by molar-refractivity contribution is 0.199. The number of benzene rings is 1. The zero-order valence-electron chi connectivity index (χ0n) is 11.8. The molecular formula is C15H22FNOS. The molecule has 106 valence electrons. The largest absolute Gasteiger partial charge is 0.389 e. The summed E-state index contributed by atoms with van der Waals surface area (Å²) in [5.41, 5.74) is 2.34. The van der Waals surface area contributed by atoms with Gasteiger partial charge in [-0.2, -0.15) is 11.8 Å². The standard InChI is InChI=1S/C15H22FNOS/c1-4-12-9-17(5-6-19-12)15-7-10(2)14(16)8-13(15)11(3)18/h7-8,11-12,18H,4-6,9H2,1-3H3/t11-,12?/m0/s1. The molecule has 0 saturated carbocycles. The van der Waals surface area contributed by atoms with Gasteiger partial charge in [0.2, 0.25) is 0 Å². The summed E-state index contributed by atoms with van der Waals surface area (Å²) in [6.07, 6.45) is 0.505. The van der Waals surface area contributed by atoms with Crippen molar-refractivity contribution in [3.05, 3.63) is 29.1 Å². The van der Waals surface area contributed by atoms with Crippen LogP contribution in [0.15, 0.2) is 12.1 Å². The highest BCUT2D eigenvalue weighted by Crippen LogP contribution is 2.33. The fourth-order valence-corrected chi connectivity index (χ4v) is 3.66. The van der Waals surface area contributed by atoms with Crippen LogP contribution in [-0.2, 0) is 0 Å². The van der Waals surface area contributed by atoms with Crippen LogP contribution in [0.25, 0.3) is 0 Å². The highest BCUT2D eigenvalue weighted by Gasteiger charge is 2.23. The third-order valence-corrected chi connectivity index (χ3v) is 5.06. The lowest BCUT2D eigenvalue weighted by Gasteiger charge is -2.35. The monoisotopic (exact) mass is 283 g/mol. The van der Waals surface area contributed by atoms with E-state index in [4.69, 9.17) is 0 Å². The topological polar surface area (TPSA) is 23.5 Å². The molecule has 1 fully saturated rings. The van der Waals surface area contributed by atoms with Crippen molar-refractivity contribution < 1.29 is 9.50 Å². The molecule has 1 heterocycles. The molecule has 0 amide bonds. The van der Waals surface area contributed by atoms with Gasteiger partial charge in [0.1, 0.15) is 5.82 Å². The molecule has 0 spiro atoms. The lowest BCUT2D eigenvalue weighted by atomic mass is 10.0. The summed E-state index contributed by atoms with van der Waals surface area (Å²) in [6, 6.07) is 3.36. The minimum Gasteiger partial charge on any atom is -0.389 e. The van der Waals surface area contributed by atoms with Crippen molar-refractivity contribution in [3.8, 4) is 0 Å². The molecule has 1 N–H and O–H groups in total. The first kappa shape index (κ1) is 14.7. The van der Waals surface area contributed by atoms with Crippen molar-refractivity contribution in [2.45, 2.75) is 38.5 Å². The molecule has 2 rings (SSSR count). The number of thioether (sulfide) groups is 1. The molecule has 0 aliphatic carbocycles. The van der Waals surface area contributed by atoms with Crippen LogP contribution in [0.5, 0.6) is 0 Å². The quantitative estimate of drug-likeness (QED) is 0.918. The van der Waals surface area contributed by atoms with Gasteiger partial charge in [-0.15, -0.1) is 0 Å². The number of aliphatic hydroxyl groups is 1.